The number of ether oxygens (including phenoxy) is 1. The van der Waals surface area contributed by atoms with Crippen molar-refractivity contribution >= 4 is 28.1 Å². The summed E-state index contributed by atoms with van der Waals surface area (Å²) in [4.78, 5) is 15.8. The molecule has 2 heterocycles. The Labute approximate surface area is 251 Å². The maximum atomic E-state index is 10.8. The Morgan fingerprint density at radius 2 is 1.74 bits per heavy atom. The van der Waals surface area contributed by atoms with Crippen molar-refractivity contribution in [2.24, 2.45) is 4.99 Å². The van der Waals surface area contributed by atoms with Gasteiger partial charge >= 0.3 is 0 Å². The Hall–Kier alpha value is -5.15. The first-order valence-electron chi connectivity index (χ1n) is 14.5. The minimum Gasteiger partial charge on any atom is -0.506 e. The normalized spacial score (nSPS) is 17.4. The van der Waals surface area contributed by atoms with E-state index in [1.165, 1.54) is 11.1 Å². The number of anilines is 1. The average molecular weight is 565 g/mol. The van der Waals surface area contributed by atoms with Crippen molar-refractivity contribution in [3.63, 3.8) is 0 Å². The number of phenols is 1. The maximum Gasteiger partial charge on any atom is 0.219 e. The fraction of sp³-hybridized carbons (Fsp3) is 0.216. The number of nitrogens with zero attached hydrogens (tertiary/aromatic N) is 4. The van der Waals surface area contributed by atoms with Crippen LogP contribution >= 0.6 is 0 Å². The minimum atomic E-state index is -0.0881. The molecule has 4 aromatic carbocycles. The molecule has 1 aliphatic heterocycles. The van der Waals surface area contributed by atoms with Crippen LogP contribution in [0.15, 0.2) is 96.0 Å². The van der Waals surface area contributed by atoms with Crippen LogP contribution in [0.3, 0.4) is 0 Å². The van der Waals surface area contributed by atoms with Gasteiger partial charge in [0.15, 0.2) is 5.69 Å². The van der Waals surface area contributed by atoms with E-state index in [9.17, 15) is 5.11 Å². The number of aromatic hydroxyl groups is 1. The van der Waals surface area contributed by atoms with E-state index < -0.39 is 0 Å². The zero-order chi connectivity index (χ0) is 29.9. The third-order valence-corrected chi connectivity index (χ3v) is 8.36. The number of fused-ring (bicyclic) bond motifs is 4. The molecule has 0 saturated heterocycles. The number of hydrogen-bond donors (Lipinski definition) is 1. The molecular formula is C37H32N4O2. The second-order valence-electron chi connectivity index (χ2n) is 12.5. The summed E-state index contributed by atoms with van der Waals surface area (Å²) in [5, 5.41) is 11.7. The number of pyridine rings is 1. The summed E-state index contributed by atoms with van der Waals surface area (Å²) in [5.74, 6) is 2.09. The van der Waals surface area contributed by atoms with Gasteiger partial charge < -0.3 is 14.7 Å². The number of aromatic nitrogens is 1. The number of aryl methyl sites for hydroxylation is 1. The predicted molar refractivity (Wildman–Crippen MR) is 172 cm³/mol. The second kappa shape index (κ2) is 9.99. The number of aliphatic imine (C=N–C) groups is 1. The quantitative estimate of drug-likeness (QED) is 0.222. The molecule has 2 atom stereocenters. The van der Waals surface area contributed by atoms with Crippen LogP contribution in [-0.4, -0.2) is 22.0 Å². The molecule has 0 unspecified atom stereocenters. The summed E-state index contributed by atoms with van der Waals surface area (Å²) >= 11 is 0. The van der Waals surface area contributed by atoms with Gasteiger partial charge in [0, 0.05) is 22.7 Å². The lowest BCUT2D eigenvalue weighted by Gasteiger charge is -2.29. The first-order valence-corrected chi connectivity index (χ1v) is 14.5. The highest BCUT2D eigenvalue weighted by Gasteiger charge is 2.43. The standard InChI is InChI=1S/C37H32N4O2/c1-22-16-25(19-29(17-22)43-33-15-10-24-18-26(37(2,3)4)21-32(42)34(24)40-33)36-39-31-20-23-8-6-7-9-30(23)35(31)41(36)28-13-11-27(38-5)12-14-28/h6-19,21,31,35,42H,20H2,1-4H3/t31-,35-/m0/s1. The van der Waals surface area contributed by atoms with Gasteiger partial charge in [-0.05, 0) is 89.5 Å². The third-order valence-electron chi connectivity index (χ3n) is 8.36. The Morgan fingerprint density at radius 3 is 2.51 bits per heavy atom. The molecule has 0 amide bonds. The summed E-state index contributed by atoms with van der Waals surface area (Å²) in [7, 11) is 0. The van der Waals surface area contributed by atoms with Crippen LogP contribution in [0.2, 0.25) is 0 Å². The molecule has 0 fully saturated rings. The highest BCUT2D eigenvalue weighted by molar-refractivity contribution is 6.12. The fourth-order valence-electron chi connectivity index (χ4n) is 6.26. The summed E-state index contributed by atoms with van der Waals surface area (Å²) < 4.78 is 6.31. The lowest BCUT2D eigenvalue weighted by molar-refractivity contribution is 0.458. The van der Waals surface area contributed by atoms with Gasteiger partial charge in [0.05, 0.1) is 18.7 Å². The molecule has 1 aromatic heterocycles. The molecule has 0 bridgehead atoms. The summed E-state index contributed by atoms with van der Waals surface area (Å²) in [6.45, 7) is 15.8. The fourth-order valence-corrected chi connectivity index (χ4v) is 6.26. The van der Waals surface area contributed by atoms with Crippen LogP contribution in [0, 0.1) is 13.5 Å². The van der Waals surface area contributed by atoms with Crippen molar-refractivity contribution in [1.29, 1.82) is 0 Å². The van der Waals surface area contributed by atoms with Gasteiger partial charge in [-0.3, -0.25) is 4.99 Å². The van der Waals surface area contributed by atoms with Crippen molar-refractivity contribution in [3.05, 3.63) is 130 Å². The molecular weight excluding hydrogens is 532 g/mol. The third kappa shape index (κ3) is 4.77. The van der Waals surface area contributed by atoms with Gasteiger partial charge in [-0.1, -0.05) is 57.2 Å². The molecule has 212 valence electrons. The lowest BCUT2D eigenvalue weighted by atomic mass is 9.86. The molecule has 1 aliphatic carbocycles. The number of benzene rings is 4. The molecule has 2 aliphatic rings. The van der Waals surface area contributed by atoms with Crippen molar-refractivity contribution in [1.82, 2.24) is 4.98 Å². The van der Waals surface area contributed by atoms with E-state index in [4.69, 9.17) is 16.3 Å². The van der Waals surface area contributed by atoms with Crippen molar-refractivity contribution < 1.29 is 9.84 Å². The molecule has 0 radical (unpaired) electrons. The molecule has 6 nitrogen and oxygen atoms in total. The molecule has 1 N–H and O–H groups in total. The SMILES string of the molecule is [C-]#[N+]c1ccc(N2C(c3cc(C)cc(Oc4ccc5cc(C(C)(C)C)cc(O)c5n4)c3)=N[C@H]3Cc4ccccc4[C@@H]32)cc1. The van der Waals surface area contributed by atoms with Gasteiger partial charge in [-0.2, -0.15) is 0 Å². The Bertz CT molecular complexity index is 1960. The Balaban J connectivity index is 1.26. The second-order valence-corrected chi connectivity index (χ2v) is 12.5. The summed E-state index contributed by atoms with van der Waals surface area (Å²) in [6.07, 6.45) is 0.886. The highest BCUT2D eigenvalue weighted by Crippen LogP contribution is 2.45. The zero-order valence-electron chi connectivity index (χ0n) is 24.7. The van der Waals surface area contributed by atoms with Crippen LogP contribution in [-0.2, 0) is 11.8 Å². The van der Waals surface area contributed by atoms with Crippen LogP contribution < -0.4 is 9.64 Å². The molecule has 6 heteroatoms. The van der Waals surface area contributed by atoms with Gasteiger partial charge in [0.2, 0.25) is 5.88 Å². The highest BCUT2D eigenvalue weighted by atomic mass is 16.5. The maximum absolute atomic E-state index is 10.8. The van der Waals surface area contributed by atoms with Crippen LogP contribution in [0.25, 0.3) is 15.7 Å². The monoisotopic (exact) mass is 564 g/mol. The molecule has 0 saturated carbocycles. The van der Waals surface area contributed by atoms with Crippen LogP contribution in [0.1, 0.15) is 54.6 Å². The van der Waals surface area contributed by atoms with E-state index in [2.05, 4.69) is 71.9 Å². The van der Waals surface area contributed by atoms with E-state index in [1.807, 2.05) is 55.5 Å². The van der Waals surface area contributed by atoms with E-state index in [-0.39, 0.29) is 23.2 Å². The van der Waals surface area contributed by atoms with E-state index >= 15 is 0 Å². The van der Waals surface area contributed by atoms with E-state index in [0.717, 1.165) is 40.0 Å². The van der Waals surface area contributed by atoms with Crippen molar-refractivity contribution in [2.45, 2.75) is 51.6 Å². The van der Waals surface area contributed by atoms with Crippen molar-refractivity contribution in [3.8, 4) is 17.4 Å². The minimum absolute atomic E-state index is 0.0815. The summed E-state index contributed by atoms with van der Waals surface area (Å²) in [6, 6.07) is 30.3. The lowest BCUT2D eigenvalue weighted by Crippen LogP contribution is -2.32. The average Bonchev–Trinajstić information content (AvgIpc) is 3.53. The molecule has 0 spiro atoms. The smallest absolute Gasteiger partial charge is 0.219 e. The van der Waals surface area contributed by atoms with Crippen LogP contribution in [0.4, 0.5) is 11.4 Å². The van der Waals surface area contributed by atoms with Gasteiger partial charge in [-0.15, -0.1) is 0 Å². The summed E-state index contributed by atoms with van der Waals surface area (Å²) in [5.41, 5.74) is 7.70. The van der Waals surface area contributed by atoms with Crippen LogP contribution in [0.5, 0.6) is 17.4 Å². The van der Waals surface area contributed by atoms with Gasteiger partial charge in [-0.25, -0.2) is 9.83 Å². The predicted octanol–water partition coefficient (Wildman–Crippen LogP) is 8.82. The van der Waals surface area contributed by atoms with E-state index in [1.54, 1.807) is 6.07 Å². The molecule has 7 rings (SSSR count). The Kier molecular flexibility index (Phi) is 6.21. The molecule has 43 heavy (non-hydrogen) atoms. The van der Waals surface area contributed by atoms with E-state index in [0.29, 0.717) is 22.8 Å². The first kappa shape index (κ1) is 26.7. The van der Waals surface area contributed by atoms with Crippen molar-refractivity contribution in [2.75, 3.05) is 4.90 Å². The van der Waals surface area contributed by atoms with Gasteiger partial charge in [0.1, 0.15) is 22.9 Å². The topological polar surface area (TPSA) is 62.3 Å². The first-order chi connectivity index (χ1) is 20.7. The number of hydrogen-bond acceptors (Lipinski definition) is 5. The number of rotatable bonds is 4. The number of phenolic OH excluding ortho intramolecular Hbond substituents is 1. The zero-order valence-corrected chi connectivity index (χ0v) is 24.7. The van der Waals surface area contributed by atoms with Gasteiger partial charge in [0.25, 0.3) is 0 Å². The largest absolute Gasteiger partial charge is 0.506 e. The number of amidine groups is 1. The Morgan fingerprint density at radius 1 is 0.953 bits per heavy atom. The molecule has 5 aromatic rings.